The van der Waals surface area contributed by atoms with Crippen molar-refractivity contribution in [3.8, 4) is 0 Å². The molecule has 23 nitrogen and oxygen atoms in total. The molecule has 4 saturated carbocycles. The standard InChI is InChI=1S/C54H84O23/c1-11-22(2)45(69)77-43-42(66)54(21-71-23(3)56)25(18-49(43,4)5)24-12-13-29-51(8)16-15-30(50(6,7)28(51)14-17-52(29,9)53(24,10)40(64)41(54)65)73-48-39(76-47-35(62)33(60)32(59)27(19-55)72-47)37(36(63)38(75-48)44(67)68)74-46-34(61)31(58)26(57)20-70-46/h11-12,25-43,46-48,55,57-66H,13-21H2,1-10H3,(H,67,68). The number of esters is 2. The Kier molecular flexibility index (Phi) is 16.8. The number of hydrogen-bond acceptors (Lipinski definition) is 22. The number of aliphatic hydroxyl groups is 11. The van der Waals surface area contributed by atoms with Crippen molar-refractivity contribution in [1.29, 1.82) is 0 Å². The van der Waals surface area contributed by atoms with E-state index in [1.807, 2.05) is 34.6 Å². The van der Waals surface area contributed by atoms with Gasteiger partial charge in [0.15, 0.2) is 25.0 Å². The normalized spacial score (nSPS) is 50.4. The van der Waals surface area contributed by atoms with Crippen molar-refractivity contribution in [2.24, 2.45) is 50.2 Å². The number of ether oxygens (including phenoxy) is 8. The van der Waals surface area contributed by atoms with Crippen molar-refractivity contribution >= 4 is 17.9 Å². The van der Waals surface area contributed by atoms with E-state index in [4.69, 9.17) is 37.9 Å². The lowest BCUT2D eigenvalue weighted by molar-refractivity contribution is -0.392. The second-order valence-corrected chi connectivity index (χ2v) is 25.3. The maximum Gasteiger partial charge on any atom is 0.335 e. The highest BCUT2D eigenvalue weighted by atomic mass is 16.8. The summed E-state index contributed by atoms with van der Waals surface area (Å²) in [6, 6.07) is 0. The monoisotopic (exact) mass is 1100 g/mol. The Balaban J connectivity index is 1.13. The lowest BCUT2D eigenvalue weighted by Crippen LogP contribution is -2.76. The van der Waals surface area contributed by atoms with Crippen molar-refractivity contribution in [2.75, 3.05) is 19.8 Å². The molecule has 8 aliphatic rings. The van der Waals surface area contributed by atoms with Gasteiger partial charge in [0.2, 0.25) is 0 Å². The van der Waals surface area contributed by atoms with Gasteiger partial charge in [0, 0.05) is 23.3 Å². The molecular weight excluding hydrogens is 1020 g/mol. The molecule has 0 bridgehead atoms. The first-order chi connectivity index (χ1) is 35.8. The van der Waals surface area contributed by atoms with Gasteiger partial charge >= 0.3 is 17.9 Å². The van der Waals surface area contributed by atoms with Crippen LogP contribution in [-0.4, -0.2) is 216 Å². The van der Waals surface area contributed by atoms with Gasteiger partial charge in [-0.15, -0.1) is 0 Å². The Morgan fingerprint density at radius 2 is 1.38 bits per heavy atom. The minimum Gasteiger partial charge on any atom is -0.479 e. The summed E-state index contributed by atoms with van der Waals surface area (Å²) in [6.45, 7) is 16.8. The molecule has 8 rings (SSSR count). The van der Waals surface area contributed by atoms with Crippen LogP contribution < -0.4 is 0 Å². The number of carbonyl (C=O) groups excluding carboxylic acids is 2. The van der Waals surface area contributed by atoms with Gasteiger partial charge in [-0.05, 0) is 86.4 Å². The number of fused-ring (bicyclic) bond motifs is 7. The fourth-order valence-electron chi connectivity index (χ4n) is 15.9. The van der Waals surface area contributed by atoms with Crippen LogP contribution in [0, 0.1) is 50.2 Å². The number of hydrogen-bond donors (Lipinski definition) is 12. The highest BCUT2D eigenvalue weighted by molar-refractivity contribution is 5.87. The number of rotatable bonds is 12. The second-order valence-electron chi connectivity index (χ2n) is 25.3. The second kappa shape index (κ2) is 21.5. The van der Waals surface area contributed by atoms with Crippen molar-refractivity contribution in [3.63, 3.8) is 0 Å². The molecule has 0 amide bonds. The zero-order chi connectivity index (χ0) is 57.0. The Morgan fingerprint density at radius 1 is 0.727 bits per heavy atom. The number of carbonyl (C=O) groups is 3. The Labute approximate surface area is 448 Å². The largest absolute Gasteiger partial charge is 0.479 e. The number of aliphatic hydroxyl groups excluding tert-OH is 11. The highest BCUT2D eigenvalue weighted by Crippen LogP contribution is 2.76. The first-order valence-corrected chi connectivity index (χ1v) is 27.0. The van der Waals surface area contributed by atoms with Gasteiger partial charge < -0.3 is 99.2 Å². The Hall–Kier alpha value is -2.79. The molecule has 12 N–H and O–H groups in total. The topological polar surface area (TPSA) is 368 Å². The molecule has 23 heteroatoms. The minimum atomic E-state index is -2.12. The Bertz CT molecular complexity index is 2250. The number of allylic oxidation sites excluding steroid dienone is 2. The third kappa shape index (κ3) is 9.55. The molecule has 3 heterocycles. The lowest BCUT2D eigenvalue weighted by Gasteiger charge is -2.73. The van der Waals surface area contributed by atoms with E-state index < -0.39 is 193 Å². The number of carboxylic acids is 1. The molecule has 0 radical (unpaired) electrons. The van der Waals surface area contributed by atoms with E-state index in [-0.39, 0.29) is 11.8 Å². The molecule has 77 heavy (non-hydrogen) atoms. The third-order valence-electron chi connectivity index (χ3n) is 20.6. The molecule has 26 unspecified atom stereocenters. The van der Waals surface area contributed by atoms with Gasteiger partial charge in [-0.1, -0.05) is 66.2 Å². The molecular formula is C54H84O23. The molecule has 438 valence electrons. The number of carboxylic acid groups (broad SMARTS) is 1. The molecule has 0 aromatic rings. The highest BCUT2D eigenvalue weighted by Gasteiger charge is 2.76. The van der Waals surface area contributed by atoms with Crippen molar-refractivity contribution < 1.29 is 114 Å². The summed E-state index contributed by atoms with van der Waals surface area (Å²) in [5, 5.41) is 135. The predicted molar refractivity (Wildman–Crippen MR) is 263 cm³/mol. The molecule has 0 spiro atoms. The van der Waals surface area contributed by atoms with Crippen LogP contribution in [0.3, 0.4) is 0 Å². The van der Waals surface area contributed by atoms with Gasteiger partial charge in [-0.2, -0.15) is 0 Å². The van der Waals surface area contributed by atoms with Crippen molar-refractivity contribution in [3.05, 3.63) is 23.3 Å². The number of aliphatic carboxylic acids is 1. The molecule has 3 saturated heterocycles. The average Bonchev–Trinajstić information content (AvgIpc) is 3.44. The van der Waals surface area contributed by atoms with Gasteiger partial charge in [-0.25, -0.2) is 9.59 Å². The lowest BCUT2D eigenvalue weighted by atomic mass is 9.32. The molecule has 5 aliphatic carbocycles. The third-order valence-corrected chi connectivity index (χ3v) is 20.6. The fraction of sp³-hybridized carbons (Fsp3) is 0.870. The fourth-order valence-corrected chi connectivity index (χ4v) is 15.9. The van der Waals surface area contributed by atoms with Crippen LogP contribution >= 0.6 is 0 Å². The van der Waals surface area contributed by atoms with Crippen LogP contribution in [0.1, 0.15) is 108 Å². The predicted octanol–water partition coefficient (Wildman–Crippen LogP) is -0.684. The van der Waals surface area contributed by atoms with Crippen LogP contribution in [0.5, 0.6) is 0 Å². The summed E-state index contributed by atoms with van der Waals surface area (Å²) in [7, 11) is 0. The van der Waals surface area contributed by atoms with E-state index in [1.54, 1.807) is 19.9 Å². The molecule has 0 aromatic heterocycles. The molecule has 26 atom stereocenters. The van der Waals surface area contributed by atoms with Crippen LogP contribution in [-0.2, 0) is 52.3 Å². The van der Waals surface area contributed by atoms with E-state index in [0.29, 0.717) is 44.1 Å². The van der Waals surface area contributed by atoms with Crippen molar-refractivity contribution in [1.82, 2.24) is 0 Å². The van der Waals surface area contributed by atoms with E-state index in [2.05, 4.69) is 19.9 Å². The van der Waals surface area contributed by atoms with Gasteiger partial charge in [-0.3, -0.25) is 4.79 Å². The zero-order valence-corrected chi connectivity index (χ0v) is 45.6. The van der Waals surface area contributed by atoms with Gasteiger partial charge in [0.25, 0.3) is 0 Å². The summed E-state index contributed by atoms with van der Waals surface area (Å²) in [6.07, 6.45) is -26.0. The summed E-state index contributed by atoms with van der Waals surface area (Å²) < 4.78 is 48.0. The first kappa shape index (κ1) is 60.3. The van der Waals surface area contributed by atoms with Gasteiger partial charge in [0.05, 0.1) is 36.9 Å². The summed E-state index contributed by atoms with van der Waals surface area (Å²) >= 11 is 0. The van der Waals surface area contributed by atoms with Gasteiger partial charge in [0.1, 0.15) is 79.9 Å². The summed E-state index contributed by atoms with van der Waals surface area (Å²) in [5.41, 5.74) is -4.51. The van der Waals surface area contributed by atoms with E-state index >= 15 is 0 Å². The smallest absolute Gasteiger partial charge is 0.335 e. The zero-order valence-electron chi connectivity index (χ0n) is 45.6. The SMILES string of the molecule is CC=C(C)C(=O)OC1C(O)C2(COC(C)=O)C(CC1(C)C)C1=CCC3C4(C)CCC(OC5OC(C(=O)O)C(O)C(OC6OCC(O)C(O)C6O)C5OC5OC(CO)C(O)C(O)C5O)C(C)(C)C4CCC3(C)C1(C)C(O)C2O. The quantitative estimate of drug-likeness (QED) is 0.0498. The Morgan fingerprint density at radius 3 is 2.00 bits per heavy atom. The van der Waals surface area contributed by atoms with E-state index in [9.17, 15) is 75.7 Å². The maximum atomic E-state index is 13.3. The molecule has 7 fully saturated rings. The summed E-state index contributed by atoms with van der Waals surface area (Å²) in [4.78, 5) is 38.7. The first-order valence-electron chi connectivity index (χ1n) is 27.0. The van der Waals surface area contributed by atoms with Crippen molar-refractivity contribution in [2.45, 2.75) is 224 Å². The van der Waals surface area contributed by atoms with Crippen LogP contribution in [0.15, 0.2) is 23.3 Å². The molecule has 0 aromatic carbocycles. The van der Waals surface area contributed by atoms with Crippen LogP contribution in [0.2, 0.25) is 0 Å². The average molecular weight is 1100 g/mol. The molecule has 3 aliphatic heterocycles. The minimum absolute atomic E-state index is 0.141. The van der Waals surface area contributed by atoms with E-state index in [1.165, 1.54) is 6.92 Å². The van der Waals surface area contributed by atoms with Crippen LogP contribution in [0.4, 0.5) is 0 Å². The summed E-state index contributed by atoms with van der Waals surface area (Å²) in [5.74, 6) is -3.89. The maximum absolute atomic E-state index is 13.3. The van der Waals surface area contributed by atoms with E-state index in [0.717, 1.165) is 5.57 Å². The van der Waals surface area contributed by atoms with Crippen LogP contribution in [0.25, 0.3) is 0 Å².